The molecule has 0 atom stereocenters. The summed E-state index contributed by atoms with van der Waals surface area (Å²) in [6, 6.07) is 8.28. The van der Waals surface area contributed by atoms with Crippen LogP contribution in [0.5, 0.6) is 0 Å². The summed E-state index contributed by atoms with van der Waals surface area (Å²) in [6.07, 6.45) is 4.61. The van der Waals surface area contributed by atoms with E-state index in [1.165, 1.54) is 35.0 Å². The third kappa shape index (κ3) is 2.28. The molecule has 0 N–H and O–H groups in total. The number of rotatable bonds is 2. The molecule has 1 aromatic heterocycles. The zero-order valence-corrected chi connectivity index (χ0v) is 12.1. The lowest BCUT2D eigenvalue weighted by molar-refractivity contribution is -0.128. The smallest absolute Gasteiger partial charge is 0.219 e. The first-order chi connectivity index (χ1) is 9.66. The second-order valence-corrected chi connectivity index (χ2v) is 5.61. The number of aromatic nitrogens is 1. The number of nitrogens with zero attached hydrogens (tertiary/aromatic N) is 2. The molecule has 3 heteroatoms. The third-order valence-corrected chi connectivity index (χ3v) is 4.22. The fraction of sp³-hybridized carbons (Fsp3) is 0.412. The van der Waals surface area contributed by atoms with Crippen LogP contribution in [0.4, 0.5) is 0 Å². The van der Waals surface area contributed by atoms with Crippen molar-refractivity contribution >= 4 is 16.8 Å². The quantitative estimate of drug-likeness (QED) is 0.838. The Morgan fingerprint density at radius 3 is 2.80 bits per heavy atom. The van der Waals surface area contributed by atoms with E-state index in [1.807, 2.05) is 13.1 Å². The van der Waals surface area contributed by atoms with Crippen LogP contribution in [0.3, 0.4) is 0 Å². The third-order valence-electron chi connectivity index (χ3n) is 4.22. The van der Waals surface area contributed by atoms with Crippen LogP contribution >= 0.6 is 0 Å². The Balaban J connectivity index is 2.17. The van der Waals surface area contributed by atoms with Gasteiger partial charge in [0.05, 0.1) is 5.52 Å². The molecule has 0 saturated carbocycles. The molecule has 1 aliphatic rings. The van der Waals surface area contributed by atoms with E-state index < -0.39 is 0 Å². The topological polar surface area (TPSA) is 33.2 Å². The van der Waals surface area contributed by atoms with Gasteiger partial charge < -0.3 is 4.90 Å². The van der Waals surface area contributed by atoms with E-state index in [1.54, 1.807) is 11.8 Å². The van der Waals surface area contributed by atoms with Gasteiger partial charge in [-0.05, 0) is 42.9 Å². The van der Waals surface area contributed by atoms with Gasteiger partial charge in [-0.25, -0.2) is 0 Å². The monoisotopic (exact) mass is 268 g/mol. The molecule has 0 radical (unpaired) electrons. The van der Waals surface area contributed by atoms with E-state index in [0.29, 0.717) is 6.54 Å². The minimum atomic E-state index is 0.107. The van der Waals surface area contributed by atoms with Crippen molar-refractivity contribution in [2.24, 2.45) is 0 Å². The maximum Gasteiger partial charge on any atom is 0.219 e. The Labute approximate surface area is 119 Å². The SMILES string of the molecule is CC(=O)N(C)Cc1c2c(nc3ccccc13)CCCC2. The Morgan fingerprint density at radius 2 is 2.00 bits per heavy atom. The van der Waals surface area contributed by atoms with Crippen molar-refractivity contribution in [3.63, 3.8) is 0 Å². The summed E-state index contributed by atoms with van der Waals surface area (Å²) in [7, 11) is 1.87. The van der Waals surface area contributed by atoms with Crippen molar-refractivity contribution in [2.45, 2.75) is 39.2 Å². The number of hydrogen-bond acceptors (Lipinski definition) is 2. The highest BCUT2D eigenvalue weighted by molar-refractivity contribution is 5.84. The fourth-order valence-corrected chi connectivity index (χ4v) is 3.00. The lowest BCUT2D eigenvalue weighted by Crippen LogP contribution is -2.25. The van der Waals surface area contributed by atoms with E-state index >= 15 is 0 Å². The predicted octanol–water partition coefficient (Wildman–Crippen LogP) is 3.09. The van der Waals surface area contributed by atoms with Crippen LogP contribution < -0.4 is 0 Å². The first kappa shape index (κ1) is 13.1. The van der Waals surface area contributed by atoms with E-state index in [0.717, 1.165) is 18.4 Å². The van der Waals surface area contributed by atoms with Crippen LogP contribution in [0.15, 0.2) is 24.3 Å². The minimum absolute atomic E-state index is 0.107. The second kappa shape index (κ2) is 5.23. The summed E-state index contributed by atoms with van der Waals surface area (Å²) >= 11 is 0. The van der Waals surface area contributed by atoms with E-state index in [4.69, 9.17) is 4.98 Å². The molecule has 2 aromatic rings. The number of para-hydroxylation sites is 1. The van der Waals surface area contributed by atoms with Gasteiger partial charge in [-0.15, -0.1) is 0 Å². The zero-order chi connectivity index (χ0) is 14.1. The van der Waals surface area contributed by atoms with Gasteiger partial charge in [0.1, 0.15) is 0 Å². The molecule has 0 aliphatic heterocycles. The van der Waals surface area contributed by atoms with Crippen LogP contribution in [0.1, 0.15) is 36.6 Å². The Bertz CT molecular complexity index is 663. The molecule has 0 fully saturated rings. The number of carbonyl (C=O) groups is 1. The molecule has 20 heavy (non-hydrogen) atoms. The second-order valence-electron chi connectivity index (χ2n) is 5.61. The van der Waals surface area contributed by atoms with E-state index in [-0.39, 0.29) is 5.91 Å². The van der Waals surface area contributed by atoms with Gasteiger partial charge in [0.25, 0.3) is 0 Å². The number of amides is 1. The number of hydrogen-bond donors (Lipinski definition) is 0. The maximum absolute atomic E-state index is 11.6. The summed E-state index contributed by atoms with van der Waals surface area (Å²) < 4.78 is 0. The van der Waals surface area contributed by atoms with Crippen LogP contribution in [0.25, 0.3) is 10.9 Å². The molecule has 1 heterocycles. The zero-order valence-electron chi connectivity index (χ0n) is 12.1. The van der Waals surface area contributed by atoms with Crippen LogP contribution in [0, 0.1) is 0 Å². The van der Waals surface area contributed by atoms with Gasteiger partial charge in [0.15, 0.2) is 0 Å². The largest absolute Gasteiger partial charge is 0.342 e. The average Bonchev–Trinajstić information content (AvgIpc) is 2.46. The fourth-order valence-electron chi connectivity index (χ4n) is 3.00. The summed E-state index contributed by atoms with van der Waals surface area (Å²) in [5, 5.41) is 1.20. The van der Waals surface area contributed by atoms with Crippen molar-refractivity contribution in [1.82, 2.24) is 9.88 Å². The Kier molecular flexibility index (Phi) is 3.43. The van der Waals surface area contributed by atoms with Gasteiger partial charge in [-0.1, -0.05) is 18.2 Å². The summed E-state index contributed by atoms with van der Waals surface area (Å²) in [5.41, 5.74) is 4.97. The van der Waals surface area contributed by atoms with Crippen molar-refractivity contribution in [1.29, 1.82) is 0 Å². The van der Waals surface area contributed by atoms with Gasteiger partial charge >= 0.3 is 0 Å². The van der Waals surface area contributed by atoms with Crippen molar-refractivity contribution < 1.29 is 4.79 Å². The average molecular weight is 268 g/mol. The molecule has 3 nitrogen and oxygen atoms in total. The molecule has 1 aromatic carbocycles. The van der Waals surface area contributed by atoms with Crippen molar-refractivity contribution in [2.75, 3.05) is 7.05 Å². The lowest BCUT2D eigenvalue weighted by atomic mass is 9.89. The first-order valence-electron chi connectivity index (χ1n) is 7.28. The minimum Gasteiger partial charge on any atom is -0.342 e. The number of carbonyl (C=O) groups excluding carboxylic acids is 1. The normalized spacial score (nSPS) is 14.1. The number of benzene rings is 1. The molecule has 0 bridgehead atoms. The van der Waals surface area contributed by atoms with Crippen LogP contribution in [-0.4, -0.2) is 22.8 Å². The number of pyridine rings is 1. The molecule has 0 unspecified atom stereocenters. The van der Waals surface area contributed by atoms with Crippen LogP contribution in [0.2, 0.25) is 0 Å². The molecule has 1 aliphatic carbocycles. The number of aryl methyl sites for hydroxylation is 1. The molecular formula is C17H20N2O. The highest BCUT2D eigenvalue weighted by atomic mass is 16.2. The maximum atomic E-state index is 11.6. The van der Waals surface area contributed by atoms with E-state index in [9.17, 15) is 4.79 Å². The summed E-state index contributed by atoms with van der Waals surface area (Å²) in [5.74, 6) is 0.107. The standard InChI is InChI=1S/C17H20N2O/c1-12(20)19(2)11-15-13-7-3-5-9-16(13)18-17-10-6-4-8-14(15)17/h3,5,7,9H,4,6,8,10-11H2,1-2H3. The van der Waals surface area contributed by atoms with Crippen molar-refractivity contribution in [3.05, 3.63) is 41.1 Å². The Morgan fingerprint density at radius 1 is 1.25 bits per heavy atom. The molecule has 0 saturated heterocycles. The van der Waals surface area contributed by atoms with Gasteiger partial charge in [-0.3, -0.25) is 9.78 Å². The van der Waals surface area contributed by atoms with Gasteiger partial charge in [0.2, 0.25) is 5.91 Å². The Hall–Kier alpha value is -1.90. The van der Waals surface area contributed by atoms with Gasteiger partial charge in [-0.2, -0.15) is 0 Å². The molecule has 1 amide bonds. The first-order valence-corrected chi connectivity index (χ1v) is 7.28. The molecular weight excluding hydrogens is 248 g/mol. The highest BCUT2D eigenvalue weighted by Gasteiger charge is 2.19. The lowest BCUT2D eigenvalue weighted by Gasteiger charge is -2.24. The van der Waals surface area contributed by atoms with Gasteiger partial charge in [0, 0.05) is 31.6 Å². The summed E-state index contributed by atoms with van der Waals surface area (Å²) in [6.45, 7) is 2.30. The highest BCUT2D eigenvalue weighted by Crippen LogP contribution is 2.29. The van der Waals surface area contributed by atoms with Crippen LogP contribution in [-0.2, 0) is 24.2 Å². The molecule has 104 valence electrons. The molecule has 0 spiro atoms. The predicted molar refractivity (Wildman–Crippen MR) is 80.5 cm³/mol. The van der Waals surface area contributed by atoms with Crippen molar-refractivity contribution in [3.8, 4) is 0 Å². The number of fused-ring (bicyclic) bond motifs is 2. The molecule has 3 rings (SSSR count). The summed E-state index contributed by atoms with van der Waals surface area (Å²) in [4.78, 5) is 18.2. The van der Waals surface area contributed by atoms with E-state index in [2.05, 4.69) is 18.2 Å².